The summed E-state index contributed by atoms with van der Waals surface area (Å²) in [6.45, 7) is 1.34. The summed E-state index contributed by atoms with van der Waals surface area (Å²) in [4.78, 5) is 1.99. The number of likely N-dealkylation sites (N-methyl/N-ethyl adjacent to an activating group) is 1. The first-order chi connectivity index (χ1) is 6.59. The number of benzene rings is 1. The minimum absolute atomic E-state index is 0. The van der Waals surface area contributed by atoms with E-state index in [-0.39, 0.29) is 18.1 Å². The van der Waals surface area contributed by atoms with Crippen molar-refractivity contribution in [2.45, 2.75) is 0 Å². The molecule has 15 heavy (non-hydrogen) atoms. The number of nitrogens with two attached hydrogens (primary N) is 1. The second-order valence-electron chi connectivity index (χ2n) is 3.34. The SMILES string of the molecule is CN(C)CCOc1ccc(N)c(F)c1.Cl. The Morgan fingerprint density at radius 3 is 2.60 bits per heavy atom. The first kappa shape index (κ1) is 14.0. The average molecular weight is 235 g/mol. The van der Waals surface area contributed by atoms with Crippen LogP contribution in [0.3, 0.4) is 0 Å². The molecule has 0 atom stereocenters. The number of halogens is 2. The maximum atomic E-state index is 12.9. The van der Waals surface area contributed by atoms with Gasteiger partial charge >= 0.3 is 0 Å². The third-order valence-corrected chi connectivity index (χ3v) is 1.78. The fourth-order valence-electron chi connectivity index (χ4n) is 0.944. The minimum atomic E-state index is -0.438. The van der Waals surface area contributed by atoms with Gasteiger partial charge in [0.1, 0.15) is 18.2 Å². The number of nitrogens with zero attached hydrogens (tertiary/aromatic N) is 1. The molecule has 0 saturated heterocycles. The lowest BCUT2D eigenvalue weighted by Crippen LogP contribution is -2.19. The molecule has 0 heterocycles. The number of hydrogen-bond acceptors (Lipinski definition) is 3. The summed E-state index contributed by atoms with van der Waals surface area (Å²) in [5, 5.41) is 0. The highest BCUT2D eigenvalue weighted by atomic mass is 35.5. The van der Waals surface area contributed by atoms with E-state index in [0.29, 0.717) is 12.4 Å². The fraction of sp³-hybridized carbons (Fsp3) is 0.400. The first-order valence-electron chi connectivity index (χ1n) is 4.42. The van der Waals surface area contributed by atoms with Gasteiger partial charge in [-0.15, -0.1) is 12.4 Å². The summed E-state index contributed by atoms with van der Waals surface area (Å²) in [5.74, 6) is 0.0749. The van der Waals surface area contributed by atoms with E-state index in [1.807, 2.05) is 19.0 Å². The summed E-state index contributed by atoms with van der Waals surface area (Å²) in [7, 11) is 3.90. The molecular formula is C10H16ClFN2O. The number of rotatable bonds is 4. The Morgan fingerprint density at radius 1 is 1.40 bits per heavy atom. The monoisotopic (exact) mass is 234 g/mol. The Bertz CT molecular complexity index is 307. The highest BCUT2D eigenvalue weighted by Gasteiger charge is 2.00. The van der Waals surface area contributed by atoms with Crippen molar-refractivity contribution in [2.75, 3.05) is 33.0 Å². The van der Waals surface area contributed by atoms with Crippen molar-refractivity contribution in [3.63, 3.8) is 0 Å². The summed E-state index contributed by atoms with van der Waals surface area (Å²) in [6.07, 6.45) is 0. The molecule has 0 spiro atoms. The minimum Gasteiger partial charge on any atom is -0.492 e. The molecule has 3 nitrogen and oxygen atoms in total. The maximum Gasteiger partial charge on any atom is 0.149 e. The molecule has 0 amide bonds. The van der Waals surface area contributed by atoms with Crippen LogP contribution in [0.25, 0.3) is 0 Å². The van der Waals surface area contributed by atoms with Crippen LogP contribution in [0.4, 0.5) is 10.1 Å². The Hall–Kier alpha value is -1.00. The number of nitrogen functional groups attached to an aromatic ring is 1. The molecule has 0 unspecified atom stereocenters. The van der Waals surface area contributed by atoms with Crippen LogP contribution in [0.5, 0.6) is 5.75 Å². The average Bonchev–Trinajstić information content (AvgIpc) is 2.10. The van der Waals surface area contributed by atoms with E-state index in [0.717, 1.165) is 6.54 Å². The zero-order valence-electron chi connectivity index (χ0n) is 8.87. The van der Waals surface area contributed by atoms with E-state index >= 15 is 0 Å². The Morgan fingerprint density at radius 2 is 2.07 bits per heavy atom. The van der Waals surface area contributed by atoms with Gasteiger partial charge in [-0.1, -0.05) is 0 Å². The fourth-order valence-corrected chi connectivity index (χ4v) is 0.944. The molecular weight excluding hydrogens is 219 g/mol. The van der Waals surface area contributed by atoms with Crippen LogP contribution in [0.2, 0.25) is 0 Å². The molecule has 0 aliphatic heterocycles. The zero-order valence-corrected chi connectivity index (χ0v) is 9.68. The molecule has 86 valence electrons. The Balaban J connectivity index is 0.00000196. The van der Waals surface area contributed by atoms with E-state index in [1.165, 1.54) is 12.1 Å². The molecule has 1 aromatic carbocycles. The van der Waals surface area contributed by atoms with Gasteiger partial charge in [-0.2, -0.15) is 0 Å². The Kier molecular flexibility index (Phi) is 6.05. The highest BCUT2D eigenvalue weighted by Crippen LogP contribution is 2.17. The standard InChI is InChI=1S/C10H15FN2O.ClH/c1-13(2)5-6-14-8-3-4-10(12)9(11)7-8;/h3-4,7H,5-6,12H2,1-2H3;1H. The van der Waals surface area contributed by atoms with Crippen molar-refractivity contribution >= 4 is 18.1 Å². The summed E-state index contributed by atoms with van der Waals surface area (Å²) in [6, 6.07) is 4.46. The van der Waals surface area contributed by atoms with E-state index < -0.39 is 5.82 Å². The summed E-state index contributed by atoms with van der Waals surface area (Å²) >= 11 is 0. The van der Waals surface area contributed by atoms with Crippen LogP contribution in [0.1, 0.15) is 0 Å². The van der Waals surface area contributed by atoms with Crippen LogP contribution in [-0.4, -0.2) is 32.1 Å². The van der Waals surface area contributed by atoms with E-state index in [1.54, 1.807) is 6.07 Å². The lowest BCUT2D eigenvalue weighted by molar-refractivity contribution is 0.260. The summed E-state index contributed by atoms with van der Waals surface area (Å²) < 4.78 is 18.3. The van der Waals surface area contributed by atoms with Gasteiger partial charge in [-0.05, 0) is 26.2 Å². The van der Waals surface area contributed by atoms with Gasteiger partial charge in [-0.25, -0.2) is 4.39 Å². The van der Waals surface area contributed by atoms with Gasteiger partial charge in [0.2, 0.25) is 0 Å². The third-order valence-electron chi connectivity index (χ3n) is 1.78. The summed E-state index contributed by atoms with van der Waals surface area (Å²) in [5.41, 5.74) is 5.47. The molecule has 5 heteroatoms. The van der Waals surface area contributed by atoms with Crippen molar-refractivity contribution in [1.29, 1.82) is 0 Å². The largest absolute Gasteiger partial charge is 0.492 e. The molecule has 1 rings (SSSR count). The molecule has 0 aromatic heterocycles. The predicted molar refractivity (Wildman–Crippen MR) is 62.1 cm³/mol. The smallest absolute Gasteiger partial charge is 0.149 e. The number of hydrogen-bond donors (Lipinski definition) is 1. The lowest BCUT2D eigenvalue weighted by atomic mass is 10.3. The lowest BCUT2D eigenvalue weighted by Gasteiger charge is -2.11. The second kappa shape index (κ2) is 6.48. The maximum absolute atomic E-state index is 12.9. The van der Waals surface area contributed by atoms with Gasteiger partial charge < -0.3 is 15.4 Å². The van der Waals surface area contributed by atoms with Crippen molar-refractivity contribution in [3.8, 4) is 5.75 Å². The van der Waals surface area contributed by atoms with Gasteiger partial charge in [0, 0.05) is 12.6 Å². The van der Waals surface area contributed by atoms with Crippen LogP contribution in [0.15, 0.2) is 18.2 Å². The van der Waals surface area contributed by atoms with Crippen LogP contribution in [0, 0.1) is 5.82 Å². The highest BCUT2D eigenvalue weighted by molar-refractivity contribution is 5.85. The van der Waals surface area contributed by atoms with Crippen molar-refractivity contribution < 1.29 is 9.13 Å². The van der Waals surface area contributed by atoms with Crippen molar-refractivity contribution in [1.82, 2.24) is 4.90 Å². The molecule has 0 radical (unpaired) electrons. The van der Waals surface area contributed by atoms with E-state index in [9.17, 15) is 4.39 Å². The second-order valence-corrected chi connectivity index (χ2v) is 3.34. The van der Waals surface area contributed by atoms with Gasteiger partial charge in [-0.3, -0.25) is 0 Å². The van der Waals surface area contributed by atoms with Crippen LogP contribution >= 0.6 is 12.4 Å². The first-order valence-corrected chi connectivity index (χ1v) is 4.42. The molecule has 0 fully saturated rings. The Labute approximate surface area is 95.4 Å². The topological polar surface area (TPSA) is 38.5 Å². The number of anilines is 1. The molecule has 0 aliphatic carbocycles. The van der Waals surface area contributed by atoms with E-state index in [4.69, 9.17) is 10.5 Å². The molecule has 1 aromatic rings. The van der Waals surface area contributed by atoms with Crippen molar-refractivity contribution in [3.05, 3.63) is 24.0 Å². The van der Waals surface area contributed by atoms with Gasteiger partial charge in [0.25, 0.3) is 0 Å². The zero-order chi connectivity index (χ0) is 10.6. The molecule has 0 aliphatic rings. The molecule has 0 bridgehead atoms. The van der Waals surface area contributed by atoms with Crippen LogP contribution in [-0.2, 0) is 0 Å². The van der Waals surface area contributed by atoms with Crippen LogP contribution < -0.4 is 10.5 Å². The molecule has 0 saturated carbocycles. The van der Waals surface area contributed by atoms with Gasteiger partial charge in [0.05, 0.1) is 5.69 Å². The predicted octanol–water partition coefficient (Wildman–Crippen LogP) is 1.77. The van der Waals surface area contributed by atoms with E-state index in [2.05, 4.69) is 0 Å². The number of ether oxygens (including phenoxy) is 1. The van der Waals surface area contributed by atoms with Gasteiger partial charge in [0.15, 0.2) is 0 Å². The quantitative estimate of drug-likeness (QED) is 0.807. The third kappa shape index (κ3) is 4.85. The van der Waals surface area contributed by atoms with Crippen molar-refractivity contribution in [2.24, 2.45) is 0 Å². The normalized spacial score (nSPS) is 9.87. The molecule has 2 N–H and O–H groups in total.